The molecule has 0 aliphatic heterocycles. The van der Waals surface area contributed by atoms with Gasteiger partial charge < -0.3 is 4.90 Å². The second kappa shape index (κ2) is 7.71. The molecular formula is C24H21FN4O. The van der Waals surface area contributed by atoms with Crippen LogP contribution in [0.25, 0.3) is 11.0 Å². The maximum absolute atomic E-state index is 14.1. The van der Waals surface area contributed by atoms with Gasteiger partial charge in [-0.3, -0.25) is 4.79 Å². The minimum atomic E-state index is -0.285. The lowest BCUT2D eigenvalue weighted by Gasteiger charge is -2.23. The van der Waals surface area contributed by atoms with Crippen LogP contribution < -0.4 is 0 Å². The van der Waals surface area contributed by atoms with Crippen molar-refractivity contribution in [2.24, 2.45) is 0 Å². The first kappa shape index (κ1) is 18.5. The highest BCUT2D eigenvalue weighted by Gasteiger charge is 2.33. The highest BCUT2D eigenvalue weighted by Crippen LogP contribution is 2.30. The van der Waals surface area contributed by atoms with E-state index in [1.807, 2.05) is 41.1 Å². The van der Waals surface area contributed by atoms with Gasteiger partial charge in [0.05, 0.1) is 18.3 Å². The van der Waals surface area contributed by atoms with E-state index in [9.17, 15) is 9.18 Å². The maximum Gasteiger partial charge on any atom is 0.255 e. The van der Waals surface area contributed by atoms with Gasteiger partial charge in [-0.05, 0) is 30.5 Å². The first-order valence-electron chi connectivity index (χ1n) is 10.1. The largest absolute Gasteiger partial charge is 0.331 e. The Morgan fingerprint density at radius 1 is 1.07 bits per heavy atom. The summed E-state index contributed by atoms with van der Waals surface area (Å²) in [7, 11) is 0. The number of halogens is 1. The van der Waals surface area contributed by atoms with Gasteiger partial charge in [0.1, 0.15) is 5.82 Å². The summed E-state index contributed by atoms with van der Waals surface area (Å²) in [5, 5.41) is 5.26. The quantitative estimate of drug-likeness (QED) is 0.481. The molecule has 2 aromatic heterocycles. The van der Waals surface area contributed by atoms with E-state index in [2.05, 4.69) is 10.1 Å². The number of hydrogen-bond acceptors (Lipinski definition) is 3. The Hall–Kier alpha value is -3.54. The third-order valence-corrected chi connectivity index (χ3v) is 5.44. The molecule has 0 bridgehead atoms. The molecule has 2 aromatic carbocycles. The summed E-state index contributed by atoms with van der Waals surface area (Å²) < 4.78 is 16.0. The Morgan fingerprint density at radius 3 is 2.60 bits per heavy atom. The van der Waals surface area contributed by atoms with Gasteiger partial charge in [-0.1, -0.05) is 48.5 Å². The van der Waals surface area contributed by atoms with Gasteiger partial charge in [0, 0.05) is 29.7 Å². The fourth-order valence-corrected chi connectivity index (χ4v) is 3.69. The molecule has 5 rings (SSSR count). The molecule has 1 amide bonds. The lowest BCUT2D eigenvalue weighted by Crippen LogP contribution is -2.33. The van der Waals surface area contributed by atoms with Crippen LogP contribution in [0.5, 0.6) is 0 Å². The number of benzene rings is 2. The van der Waals surface area contributed by atoms with Crippen molar-refractivity contribution in [3.05, 3.63) is 95.6 Å². The van der Waals surface area contributed by atoms with Crippen LogP contribution in [0.1, 0.15) is 34.3 Å². The second-order valence-corrected chi connectivity index (χ2v) is 7.68. The molecular weight excluding hydrogens is 379 g/mol. The zero-order valence-electron chi connectivity index (χ0n) is 16.4. The number of amides is 1. The third kappa shape index (κ3) is 3.68. The van der Waals surface area contributed by atoms with Crippen LogP contribution in [0.15, 0.2) is 73.1 Å². The zero-order valence-corrected chi connectivity index (χ0v) is 16.4. The summed E-state index contributed by atoms with van der Waals surface area (Å²) in [6.45, 7) is 0.883. The van der Waals surface area contributed by atoms with Crippen molar-refractivity contribution in [1.82, 2.24) is 19.7 Å². The van der Waals surface area contributed by atoms with Crippen molar-refractivity contribution in [2.45, 2.75) is 32.0 Å². The lowest BCUT2D eigenvalue weighted by atomic mass is 10.1. The molecule has 1 saturated carbocycles. The number of carbonyl (C=O) groups excluding carboxylic acids is 1. The van der Waals surface area contributed by atoms with E-state index in [4.69, 9.17) is 0 Å². The molecule has 1 aliphatic carbocycles. The molecule has 0 unspecified atom stereocenters. The summed E-state index contributed by atoms with van der Waals surface area (Å²) in [5.41, 5.74) is 2.91. The zero-order chi connectivity index (χ0) is 20.5. The van der Waals surface area contributed by atoms with Gasteiger partial charge in [-0.25, -0.2) is 14.1 Å². The van der Waals surface area contributed by atoms with Crippen LogP contribution in [0.3, 0.4) is 0 Å². The number of nitrogens with zero attached hydrogens (tertiary/aromatic N) is 4. The highest BCUT2D eigenvalue weighted by molar-refractivity contribution is 5.97. The first-order chi connectivity index (χ1) is 14.7. The second-order valence-electron chi connectivity index (χ2n) is 7.68. The Morgan fingerprint density at radius 2 is 1.83 bits per heavy atom. The Balaban J connectivity index is 1.41. The molecule has 0 atom stereocenters. The van der Waals surface area contributed by atoms with Gasteiger partial charge >= 0.3 is 0 Å². The number of aromatic nitrogens is 3. The van der Waals surface area contributed by atoms with Crippen LogP contribution in [-0.4, -0.2) is 31.6 Å². The molecule has 6 heteroatoms. The molecule has 1 fully saturated rings. The molecule has 30 heavy (non-hydrogen) atoms. The van der Waals surface area contributed by atoms with E-state index < -0.39 is 0 Å². The van der Waals surface area contributed by atoms with Gasteiger partial charge in [0.25, 0.3) is 5.91 Å². The van der Waals surface area contributed by atoms with E-state index in [1.54, 1.807) is 35.5 Å². The van der Waals surface area contributed by atoms with E-state index in [-0.39, 0.29) is 24.3 Å². The molecule has 150 valence electrons. The first-order valence-corrected chi connectivity index (χ1v) is 10.1. The fourth-order valence-electron chi connectivity index (χ4n) is 3.69. The van der Waals surface area contributed by atoms with Crippen LogP contribution in [0.4, 0.5) is 4.39 Å². The molecule has 4 aromatic rings. The predicted octanol–water partition coefficient (Wildman–Crippen LogP) is 4.42. The maximum atomic E-state index is 14.1. The van der Waals surface area contributed by atoms with Gasteiger partial charge in [0.15, 0.2) is 5.65 Å². The minimum absolute atomic E-state index is 0.119. The van der Waals surface area contributed by atoms with Gasteiger partial charge in [-0.2, -0.15) is 5.10 Å². The molecule has 5 nitrogen and oxygen atoms in total. The molecule has 0 radical (unpaired) electrons. The Bertz CT molecular complexity index is 1200. The average molecular weight is 400 g/mol. The van der Waals surface area contributed by atoms with Crippen molar-refractivity contribution in [3.63, 3.8) is 0 Å². The summed E-state index contributed by atoms with van der Waals surface area (Å²) >= 11 is 0. The van der Waals surface area contributed by atoms with Crippen molar-refractivity contribution in [3.8, 4) is 0 Å². The third-order valence-electron chi connectivity index (χ3n) is 5.44. The number of hydrogen-bond donors (Lipinski definition) is 0. The smallest absolute Gasteiger partial charge is 0.255 e. The van der Waals surface area contributed by atoms with Crippen LogP contribution >= 0.6 is 0 Å². The number of pyridine rings is 1. The molecule has 0 saturated heterocycles. The van der Waals surface area contributed by atoms with E-state index in [1.165, 1.54) is 6.07 Å². The molecule has 2 heterocycles. The standard InChI is InChI=1S/C24H21FN4O/c25-22-9-5-4-8-18(22)16-28(21-10-11-21)24(30)20-12-19-14-27-29(23(19)26-13-20)15-17-6-2-1-3-7-17/h1-9,12-14,21H,10-11,15-16H2. The van der Waals surface area contributed by atoms with E-state index in [0.717, 1.165) is 29.4 Å². The van der Waals surface area contributed by atoms with Crippen molar-refractivity contribution < 1.29 is 9.18 Å². The van der Waals surface area contributed by atoms with E-state index in [0.29, 0.717) is 17.7 Å². The van der Waals surface area contributed by atoms with Crippen LogP contribution in [0.2, 0.25) is 0 Å². The summed E-state index contributed by atoms with van der Waals surface area (Å²) in [6.07, 6.45) is 5.24. The minimum Gasteiger partial charge on any atom is -0.331 e. The van der Waals surface area contributed by atoms with Crippen LogP contribution in [-0.2, 0) is 13.1 Å². The lowest BCUT2D eigenvalue weighted by molar-refractivity contribution is 0.0728. The number of rotatable bonds is 6. The average Bonchev–Trinajstić information content (AvgIpc) is 3.54. The Kier molecular flexibility index (Phi) is 4.75. The molecule has 0 N–H and O–H groups in total. The van der Waals surface area contributed by atoms with Crippen molar-refractivity contribution in [2.75, 3.05) is 0 Å². The highest BCUT2D eigenvalue weighted by atomic mass is 19.1. The monoisotopic (exact) mass is 400 g/mol. The SMILES string of the molecule is O=C(c1cnc2c(cnn2Cc2ccccc2)c1)N(Cc1ccccc1F)C1CC1. The van der Waals surface area contributed by atoms with Gasteiger partial charge in [-0.15, -0.1) is 0 Å². The van der Waals surface area contributed by atoms with Crippen molar-refractivity contribution in [1.29, 1.82) is 0 Å². The normalized spacial score (nSPS) is 13.5. The summed E-state index contributed by atoms with van der Waals surface area (Å²) in [6, 6.07) is 18.7. The topological polar surface area (TPSA) is 51.0 Å². The molecule has 1 aliphatic rings. The van der Waals surface area contributed by atoms with Crippen LogP contribution in [0, 0.1) is 5.82 Å². The summed E-state index contributed by atoms with van der Waals surface area (Å²) in [4.78, 5) is 19.5. The Labute approximate surface area is 173 Å². The predicted molar refractivity (Wildman–Crippen MR) is 112 cm³/mol. The number of carbonyl (C=O) groups is 1. The van der Waals surface area contributed by atoms with Gasteiger partial charge in [0.2, 0.25) is 0 Å². The molecule has 0 spiro atoms. The van der Waals surface area contributed by atoms with Crippen molar-refractivity contribution >= 4 is 16.9 Å². The summed E-state index contributed by atoms with van der Waals surface area (Å²) in [5.74, 6) is -0.405. The van der Waals surface area contributed by atoms with E-state index >= 15 is 0 Å². The number of fused-ring (bicyclic) bond motifs is 1. The fraction of sp³-hybridized carbons (Fsp3) is 0.208.